The predicted octanol–water partition coefficient (Wildman–Crippen LogP) is 1.10. The van der Waals surface area contributed by atoms with Gasteiger partial charge < -0.3 is 24.8 Å². The summed E-state index contributed by atoms with van der Waals surface area (Å²) in [7, 11) is 1.87. The molecule has 11 nitrogen and oxygen atoms in total. The molecule has 2 saturated heterocycles. The van der Waals surface area contributed by atoms with E-state index in [0.717, 1.165) is 80.2 Å². The molecule has 4 heterocycles. The van der Waals surface area contributed by atoms with E-state index in [1.165, 1.54) is 6.92 Å². The van der Waals surface area contributed by atoms with Gasteiger partial charge in [0.05, 0.1) is 11.7 Å². The van der Waals surface area contributed by atoms with E-state index in [1.54, 1.807) is 4.68 Å². The van der Waals surface area contributed by atoms with Crippen LogP contribution in [0.1, 0.15) is 68.8 Å². The van der Waals surface area contributed by atoms with E-state index < -0.39 is 36.9 Å². The average Bonchev–Trinajstić information content (AvgIpc) is 3.45. The third kappa shape index (κ3) is 4.47. The number of nitrogens with zero attached hydrogens (tertiary/aromatic N) is 4. The van der Waals surface area contributed by atoms with Gasteiger partial charge in [-0.3, -0.25) is 14.4 Å². The van der Waals surface area contributed by atoms with Crippen molar-refractivity contribution in [3.8, 4) is 5.88 Å². The summed E-state index contributed by atoms with van der Waals surface area (Å²) < 4.78 is 18.4. The number of esters is 1. The summed E-state index contributed by atoms with van der Waals surface area (Å²) in [6.07, 6.45) is -0.691. The monoisotopic (exact) mass is 504 g/mol. The second-order valence-corrected chi connectivity index (χ2v) is 10.1. The lowest BCUT2D eigenvalue weighted by Gasteiger charge is -2.39. The number of aliphatic hydroxyl groups is 3. The molecule has 0 spiro atoms. The lowest BCUT2D eigenvalue weighted by molar-refractivity contribution is -0.324. The number of fused-ring (bicyclic) bond motifs is 3. The number of hydrogen-bond donors (Lipinski definition) is 3. The molecule has 0 unspecified atom stereocenters. The number of likely N-dealkylation sites (tertiary alicyclic amines) is 1. The van der Waals surface area contributed by atoms with Crippen LogP contribution >= 0.6 is 0 Å². The Balaban J connectivity index is 1.53. The Labute approximate surface area is 210 Å². The van der Waals surface area contributed by atoms with Crippen LogP contribution in [0, 0.1) is 0 Å². The first-order chi connectivity index (χ1) is 17.3. The predicted molar refractivity (Wildman–Crippen MR) is 128 cm³/mol. The van der Waals surface area contributed by atoms with Gasteiger partial charge in [0.15, 0.2) is 5.65 Å². The number of ether oxygens (including phenoxy) is 3. The van der Waals surface area contributed by atoms with Crippen LogP contribution in [0.3, 0.4) is 0 Å². The van der Waals surface area contributed by atoms with Gasteiger partial charge in [0, 0.05) is 24.9 Å². The largest absolute Gasteiger partial charge is 0.444 e. The topological polar surface area (TPSA) is 139 Å². The van der Waals surface area contributed by atoms with Crippen LogP contribution < -0.4 is 4.74 Å². The minimum atomic E-state index is -1.62. The van der Waals surface area contributed by atoms with E-state index in [9.17, 15) is 20.1 Å². The number of aromatic nitrogens is 3. The van der Waals surface area contributed by atoms with Crippen molar-refractivity contribution in [1.29, 1.82) is 0 Å². The number of rotatable bonds is 6. The Kier molecular flexibility index (Phi) is 7.19. The standard InChI is InChI=1S/C25H36N4O7/c1-4-11-29-12-7-10-16(29)18-17-14-8-5-6-9-15(14)23(26-22(17)28(3)27-18)35-25-21(33)19(31)20(32)24(36-25)34-13(2)30/h16,19-21,24-25,31-33H,4-12H2,1-3H3/t16-,19+,20-,21+,24+,25-/m0/s1. The van der Waals surface area contributed by atoms with Gasteiger partial charge in [-0.2, -0.15) is 10.1 Å². The maximum absolute atomic E-state index is 11.4. The van der Waals surface area contributed by atoms with Crippen LogP contribution in [0.15, 0.2) is 0 Å². The van der Waals surface area contributed by atoms with E-state index in [2.05, 4.69) is 11.8 Å². The third-order valence-corrected chi connectivity index (χ3v) is 7.51. The van der Waals surface area contributed by atoms with Gasteiger partial charge in [0.1, 0.15) is 18.3 Å². The second-order valence-electron chi connectivity index (χ2n) is 10.1. The fourth-order valence-electron chi connectivity index (χ4n) is 5.84. The van der Waals surface area contributed by atoms with Gasteiger partial charge in [0.2, 0.25) is 18.5 Å². The first-order valence-corrected chi connectivity index (χ1v) is 13.0. The summed E-state index contributed by atoms with van der Waals surface area (Å²) in [5, 5.41) is 37.1. The normalized spacial score (nSPS) is 30.9. The molecule has 3 aliphatic rings. The van der Waals surface area contributed by atoms with Crippen molar-refractivity contribution in [3.63, 3.8) is 0 Å². The summed E-state index contributed by atoms with van der Waals surface area (Å²) in [4.78, 5) is 18.8. The molecule has 0 amide bonds. The van der Waals surface area contributed by atoms with Crippen molar-refractivity contribution < 1.29 is 34.3 Å². The summed E-state index contributed by atoms with van der Waals surface area (Å²) in [6, 6.07) is 0.262. The number of aliphatic hydroxyl groups excluding tert-OH is 3. The molecule has 0 radical (unpaired) electrons. The highest BCUT2D eigenvalue weighted by atomic mass is 16.8. The summed E-state index contributed by atoms with van der Waals surface area (Å²) in [6.45, 7) is 5.47. The van der Waals surface area contributed by atoms with Crippen LogP contribution in [0.25, 0.3) is 11.0 Å². The average molecular weight is 505 g/mol. The van der Waals surface area contributed by atoms with E-state index >= 15 is 0 Å². The second kappa shape index (κ2) is 10.2. The molecular weight excluding hydrogens is 468 g/mol. The van der Waals surface area contributed by atoms with Gasteiger partial charge in [-0.25, -0.2) is 4.68 Å². The first-order valence-electron chi connectivity index (χ1n) is 13.0. The molecule has 0 bridgehead atoms. The van der Waals surface area contributed by atoms with Crippen LogP contribution in [0.2, 0.25) is 0 Å². The SMILES string of the molecule is CCCN1CCC[C@H]1c1nn(C)c2nc(O[C@H]3O[C@@H](OC(C)=O)[C@@H](O)[C@@H](O)[C@H]3O)c3c(c12)CCCC3. The van der Waals surface area contributed by atoms with Crippen molar-refractivity contribution in [2.24, 2.45) is 7.05 Å². The maximum atomic E-state index is 11.4. The Hall–Kier alpha value is -2.31. The molecule has 36 heavy (non-hydrogen) atoms. The molecule has 198 valence electrons. The Morgan fingerprint density at radius 3 is 2.53 bits per heavy atom. The number of carbonyl (C=O) groups is 1. The van der Waals surface area contributed by atoms with Crippen LogP contribution in [0.4, 0.5) is 0 Å². The number of pyridine rings is 1. The molecule has 2 aromatic rings. The fraction of sp³-hybridized carbons (Fsp3) is 0.720. The molecule has 2 aromatic heterocycles. The molecule has 3 N–H and O–H groups in total. The van der Waals surface area contributed by atoms with Crippen molar-refractivity contribution >= 4 is 17.0 Å². The molecule has 11 heteroatoms. The zero-order valence-corrected chi connectivity index (χ0v) is 21.1. The van der Waals surface area contributed by atoms with Crippen molar-refractivity contribution in [3.05, 3.63) is 16.8 Å². The van der Waals surface area contributed by atoms with Gasteiger partial charge in [-0.05, 0) is 63.6 Å². The molecule has 1 aliphatic carbocycles. The Bertz CT molecular complexity index is 1120. The minimum Gasteiger partial charge on any atom is -0.444 e. The zero-order valence-electron chi connectivity index (χ0n) is 21.1. The quantitative estimate of drug-likeness (QED) is 0.490. The van der Waals surface area contributed by atoms with E-state index in [4.69, 9.17) is 24.3 Å². The minimum absolute atomic E-state index is 0.262. The molecule has 0 aromatic carbocycles. The summed E-state index contributed by atoms with van der Waals surface area (Å²) in [5.74, 6) is -0.387. The van der Waals surface area contributed by atoms with Gasteiger partial charge in [-0.1, -0.05) is 6.92 Å². The van der Waals surface area contributed by atoms with Crippen LogP contribution in [-0.2, 0) is 34.2 Å². The van der Waals surface area contributed by atoms with Crippen molar-refractivity contribution in [2.45, 2.75) is 95.7 Å². The summed E-state index contributed by atoms with van der Waals surface area (Å²) >= 11 is 0. The molecule has 5 rings (SSSR count). The highest BCUT2D eigenvalue weighted by Gasteiger charge is 2.47. The molecule has 2 aliphatic heterocycles. The molecular formula is C25H36N4O7. The van der Waals surface area contributed by atoms with Crippen molar-refractivity contribution in [1.82, 2.24) is 19.7 Å². The smallest absolute Gasteiger partial charge is 0.305 e. The van der Waals surface area contributed by atoms with Gasteiger partial charge >= 0.3 is 5.97 Å². The van der Waals surface area contributed by atoms with E-state index in [1.807, 2.05) is 7.05 Å². The summed E-state index contributed by atoms with van der Waals surface area (Å²) in [5.41, 5.74) is 3.88. The van der Waals surface area contributed by atoms with Gasteiger partial charge in [0.25, 0.3) is 0 Å². The van der Waals surface area contributed by atoms with Crippen LogP contribution in [-0.4, -0.2) is 84.9 Å². The van der Waals surface area contributed by atoms with E-state index in [0.29, 0.717) is 11.5 Å². The zero-order chi connectivity index (χ0) is 25.6. The number of aryl methyl sites for hydroxylation is 2. The Morgan fingerprint density at radius 2 is 1.81 bits per heavy atom. The maximum Gasteiger partial charge on any atom is 0.305 e. The lowest BCUT2D eigenvalue weighted by atomic mass is 9.89. The number of carbonyl (C=O) groups excluding carboxylic acids is 1. The van der Waals surface area contributed by atoms with Crippen LogP contribution in [0.5, 0.6) is 5.88 Å². The van der Waals surface area contributed by atoms with Crippen molar-refractivity contribution in [2.75, 3.05) is 13.1 Å². The highest BCUT2D eigenvalue weighted by Crippen LogP contribution is 2.41. The highest BCUT2D eigenvalue weighted by molar-refractivity contribution is 5.85. The fourth-order valence-corrected chi connectivity index (χ4v) is 5.84. The Morgan fingerprint density at radius 1 is 1.08 bits per heavy atom. The third-order valence-electron chi connectivity index (χ3n) is 7.51. The number of hydrogen-bond acceptors (Lipinski definition) is 10. The molecule has 2 fully saturated rings. The first kappa shape index (κ1) is 25.3. The van der Waals surface area contributed by atoms with Gasteiger partial charge in [-0.15, -0.1) is 0 Å². The molecule has 0 saturated carbocycles. The lowest BCUT2D eigenvalue weighted by Crippen LogP contribution is -2.60. The molecule has 6 atom stereocenters. The van der Waals surface area contributed by atoms with E-state index in [-0.39, 0.29) is 6.04 Å².